The van der Waals surface area contributed by atoms with Crippen LogP contribution in [0.15, 0.2) is 13.2 Å². The lowest BCUT2D eigenvalue weighted by Gasteiger charge is -1.61. The van der Waals surface area contributed by atoms with Gasteiger partial charge < -0.3 is 39.1 Å². The van der Waals surface area contributed by atoms with Crippen LogP contribution in [-0.4, -0.2) is 39.1 Å². The van der Waals surface area contributed by atoms with E-state index in [4.69, 9.17) is 57.4 Å². The summed E-state index contributed by atoms with van der Waals surface area (Å²) >= 11 is 0. The molecule has 0 bridgehead atoms. The van der Waals surface area contributed by atoms with Crippen LogP contribution >= 0.6 is 33.0 Å². The van der Waals surface area contributed by atoms with Crippen molar-refractivity contribution in [2.45, 2.75) is 0 Å². The van der Waals surface area contributed by atoms with E-state index >= 15 is 0 Å². The maximum absolute atomic E-state index is 8.74. The van der Waals surface area contributed by atoms with Gasteiger partial charge in [0.15, 0.2) is 0 Å². The zero-order valence-electron chi connectivity index (χ0n) is 8.62. The molecule has 0 aliphatic carbocycles. The molecule has 0 saturated heterocycles. The van der Waals surface area contributed by atoms with E-state index in [1.54, 1.807) is 0 Å². The van der Waals surface area contributed by atoms with Crippen molar-refractivity contribution in [3.05, 3.63) is 13.2 Å². The van der Waals surface area contributed by atoms with Gasteiger partial charge in [-0.05, 0) is 0 Å². The average Bonchev–Trinajstić information content (AvgIpc) is 2.01. The van der Waals surface area contributed by atoms with Gasteiger partial charge in [-0.2, -0.15) is 0 Å². The molecule has 0 amide bonds. The first-order chi connectivity index (χ1) is 7.93. The molecule has 0 aromatic carbocycles. The van der Waals surface area contributed by atoms with Gasteiger partial charge in [-0.25, -0.2) is 0 Å². The van der Waals surface area contributed by atoms with Gasteiger partial charge in [-0.1, -0.05) is 0 Å². The van der Waals surface area contributed by atoms with E-state index in [1.807, 2.05) is 0 Å². The first kappa shape index (κ1) is 31.0. The van der Waals surface area contributed by atoms with Crippen molar-refractivity contribution in [1.82, 2.24) is 0 Å². The third-order valence-corrected chi connectivity index (χ3v) is 0. The highest BCUT2D eigenvalue weighted by molar-refractivity contribution is 7.31. The smallest absolute Gasteiger partial charge is 0.314 e. The van der Waals surface area contributed by atoms with Crippen LogP contribution in [0.4, 0.5) is 0 Å². The van der Waals surface area contributed by atoms with E-state index in [0.717, 1.165) is 0 Å². The Morgan fingerprint density at radius 3 is 0.444 bits per heavy atom. The molecule has 0 rings (SSSR count). The average molecular weight is 356 g/mol. The number of hydrogen-bond donors (Lipinski definition) is 8. The van der Waals surface area contributed by atoms with Gasteiger partial charge in [0, 0.05) is 0 Å². The summed E-state index contributed by atoms with van der Waals surface area (Å²) < 4.78 is 35.0. The minimum atomic E-state index is -3.13. The molecule has 0 spiro atoms. The highest BCUT2D eigenvalue weighted by Crippen LogP contribution is 1.99. The maximum atomic E-state index is 8.74. The highest BCUT2D eigenvalue weighted by Gasteiger charge is 1.62. The zero-order valence-corrected chi connectivity index (χ0v) is 12.6. The van der Waals surface area contributed by atoms with Crippen molar-refractivity contribution in [2.24, 2.45) is 0 Å². The fourth-order valence-electron chi connectivity index (χ4n) is 0. The predicted octanol–water partition coefficient (Wildman–Crippen LogP) is -1.76. The van der Waals surface area contributed by atoms with E-state index in [1.165, 1.54) is 0 Å². The normalized spacial score (nSPS) is 8.00. The van der Waals surface area contributed by atoms with Crippen LogP contribution in [0, 0.1) is 0 Å². The van der Waals surface area contributed by atoms with Crippen LogP contribution in [0.1, 0.15) is 0 Å². The van der Waals surface area contributed by atoms with Crippen molar-refractivity contribution >= 4 is 33.0 Å². The fourth-order valence-corrected chi connectivity index (χ4v) is 0. The third kappa shape index (κ3) is 33300. The van der Waals surface area contributed by atoms with Crippen molar-refractivity contribution < 1.29 is 57.4 Å². The van der Waals surface area contributed by atoms with Crippen LogP contribution in [0.2, 0.25) is 0 Å². The SMILES string of the molecule is C=C.O=[PH](O)O.O=[PH](O)O.O=[PH](O)O.O=[PH](O)O. The van der Waals surface area contributed by atoms with Crippen molar-refractivity contribution in [3.8, 4) is 0 Å². The molecule has 0 aromatic heterocycles. The van der Waals surface area contributed by atoms with Gasteiger partial charge in [-0.3, -0.25) is 18.3 Å². The molecule has 116 valence electrons. The summed E-state index contributed by atoms with van der Waals surface area (Å²) in [6.07, 6.45) is 0. The molecule has 16 heteroatoms. The van der Waals surface area contributed by atoms with Crippen LogP contribution in [0.25, 0.3) is 0 Å². The fraction of sp³-hybridized carbons (Fsp3) is 0. The summed E-state index contributed by atoms with van der Waals surface area (Å²) in [6.45, 7) is 6.00. The molecule has 0 saturated carbocycles. The zero-order chi connectivity index (χ0) is 16.3. The van der Waals surface area contributed by atoms with Crippen LogP contribution in [0.5, 0.6) is 0 Å². The molecule has 0 heterocycles. The molecule has 0 fully saturated rings. The van der Waals surface area contributed by atoms with Gasteiger partial charge in [0.25, 0.3) is 0 Å². The predicted molar refractivity (Wildman–Crippen MR) is 65.0 cm³/mol. The van der Waals surface area contributed by atoms with E-state index in [0.29, 0.717) is 0 Å². The van der Waals surface area contributed by atoms with Gasteiger partial charge in [-0.15, -0.1) is 13.2 Å². The minimum Gasteiger partial charge on any atom is -0.326 e. The van der Waals surface area contributed by atoms with Gasteiger partial charge in [0.05, 0.1) is 0 Å². The monoisotopic (exact) mass is 356 g/mol. The van der Waals surface area contributed by atoms with Crippen molar-refractivity contribution in [3.63, 3.8) is 0 Å². The molecule has 8 N–H and O–H groups in total. The Balaban J connectivity index is -0.0000000399. The van der Waals surface area contributed by atoms with Crippen molar-refractivity contribution in [1.29, 1.82) is 0 Å². The Hall–Kier alpha value is 0.340. The van der Waals surface area contributed by atoms with Crippen LogP contribution < -0.4 is 0 Å². The number of hydrogen-bond acceptors (Lipinski definition) is 4. The molecule has 0 aliphatic heterocycles. The first-order valence-electron chi connectivity index (χ1n) is 3.11. The molecular formula is C2H16O12P4. The van der Waals surface area contributed by atoms with Gasteiger partial charge in [0.2, 0.25) is 0 Å². The van der Waals surface area contributed by atoms with Gasteiger partial charge >= 0.3 is 33.0 Å². The second kappa shape index (κ2) is 30.4. The standard InChI is InChI=1S/C2H4.4H3O3P/c1-2;4*1-4(2)3/h1-2H2;4*4H,(H2,1,2,3). The minimum absolute atomic E-state index is 3.00. The summed E-state index contributed by atoms with van der Waals surface area (Å²) in [5.41, 5.74) is 0. The second-order valence-corrected chi connectivity index (χ2v) is 3.39. The molecule has 0 unspecified atom stereocenters. The maximum Gasteiger partial charge on any atom is 0.314 e. The number of rotatable bonds is 0. The summed E-state index contributed by atoms with van der Waals surface area (Å²) in [5.74, 6) is 0. The molecule has 0 atom stereocenters. The molecule has 12 nitrogen and oxygen atoms in total. The van der Waals surface area contributed by atoms with Crippen LogP contribution in [-0.2, 0) is 18.3 Å². The molecule has 0 aliphatic rings. The Labute approximate surface area is 104 Å². The third-order valence-electron chi connectivity index (χ3n) is 0. The highest BCUT2D eigenvalue weighted by atomic mass is 31.1. The lowest BCUT2D eigenvalue weighted by atomic mass is 11.3. The summed E-state index contributed by atoms with van der Waals surface area (Å²) in [5, 5.41) is 0. The lowest BCUT2D eigenvalue weighted by molar-refractivity contribution is 0.403. The molecule has 0 radical (unpaired) electrons. The summed E-state index contributed by atoms with van der Waals surface area (Å²) in [4.78, 5) is 57.3. The topological polar surface area (TPSA) is 230 Å². The lowest BCUT2D eigenvalue weighted by Crippen LogP contribution is -1.38. The quantitative estimate of drug-likeness (QED) is 0.178. The summed E-state index contributed by atoms with van der Waals surface area (Å²) in [7, 11) is -12.5. The largest absolute Gasteiger partial charge is 0.326 e. The molecule has 18 heavy (non-hydrogen) atoms. The molecule has 0 aromatic rings. The Bertz CT molecular complexity index is 174. The Morgan fingerprint density at radius 1 is 0.444 bits per heavy atom. The molecular weight excluding hydrogens is 340 g/mol. The van der Waals surface area contributed by atoms with Crippen LogP contribution in [0.3, 0.4) is 0 Å². The van der Waals surface area contributed by atoms with Gasteiger partial charge in [0.1, 0.15) is 0 Å². The Morgan fingerprint density at radius 2 is 0.444 bits per heavy atom. The van der Waals surface area contributed by atoms with Crippen molar-refractivity contribution in [2.75, 3.05) is 0 Å². The van der Waals surface area contributed by atoms with E-state index in [-0.39, 0.29) is 0 Å². The summed E-state index contributed by atoms with van der Waals surface area (Å²) in [6, 6.07) is 0. The first-order valence-corrected chi connectivity index (χ1v) is 8.32. The van der Waals surface area contributed by atoms with E-state index < -0.39 is 33.0 Å². The van der Waals surface area contributed by atoms with E-state index in [2.05, 4.69) is 13.2 Å². The second-order valence-electron chi connectivity index (χ2n) is 1.13. The van der Waals surface area contributed by atoms with E-state index in [9.17, 15) is 0 Å². The Kier molecular flexibility index (Phi) is 52.3.